The summed E-state index contributed by atoms with van der Waals surface area (Å²) in [6, 6.07) is 9.97. The van der Waals surface area contributed by atoms with Gasteiger partial charge in [0.2, 0.25) is 10.0 Å². The van der Waals surface area contributed by atoms with Crippen LogP contribution in [0.4, 0.5) is 11.4 Å². The Kier molecular flexibility index (Phi) is 6.95. The maximum atomic E-state index is 12.7. The molecule has 0 spiro atoms. The van der Waals surface area contributed by atoms with Gasteiger partial charge in [0.15, 0.2) is 0 Å². The predicted molar refractivity (Wildman–Crippen MR) is 112 cm³/mol. The molecule has 1 fully saturated rings. The third-order valence-electron chi connectivity index (χ3n) is 4.50. The quantitative estimate of drug-likeness (QED) is 0.293. The molecule has 1 aliphatic heterocycles. The van der Waals surface area contributed by atoms with Crippen molar-refractivity contribution < 1.29 is 27.6 Å². The molecule has 1 aliphatic rings. The molecule has 1 saturated heterocycles. The Bertz CT molecular complexity index is 1090. The molecule has 0 aromatic heterocycles. The summed E-state index contributed by atoms with van der Waals surface area (Å²) in [5, 5.41) is 15.4. The first-order chi connectivity index (χ1) is 14.8. The molecule has 0 amide bonds. The van der Waals surface area contributed by atoms with E-state index in [4.69, 9.17) is 4.74 Å². The van der Waals surface area contributed by atoms with E-state index in [1.807, 2.05) is 0 Å². The summed E-state index contributed by atoms with van der Waals surface area (Å²) >= 11 is 0. The molecule has 3 rings (SSSR count). The van der Waals surface area contributed by atoms with E-state index in [0.29, 0.717) is 11.1 Å². The van der Waals surface area contributed by atoms with Crippen molar-refractivity contribution in [3.63, 3.8) is 0 Å². The Morgan fingerprint density at radius 1 is 1.23 bits per heavy atom. The van der Waals surface area contributed by atoms with Crippen molar-refractivity contribution in [2.24, 2.45) is 5.10 Å². The van der Waals surface area contributed by atoms with E-state index < -0.39 is 26.6 Å². The molecular weight excluding hydrogens is 428 g/mol. The molecule has 12 heteroatoms. The Labute approximate surface area is 178 Å². The lowest BCUT2D eigenvalue weighted by Crippen LogP contribution is -2.40. The number of morpholine rings is 1. The van der Waals surface area contributed by atoms with Gasteiger partial charge < -0.3 is 9.47 Å². The average molecular weight is 448 g/mol. The second kappa shape index (κ2) is 9.64. The van der Waals surface area contributed by atoms with Crippen molar-refractivity contribution in [3.05, 3.63) is 63.7 Å². The Hall–Kier alpha value is -3.35. The van der Waals surface area contributed by atoms with Crippen molar-refractivity contribution in [2.75, 3.05) is 38.8 Å². The van der Waals surface area contributed by atoms with Gasteiger partial charge in [0.1, 0.15) is 5.69 Å². The maximum Gasteiger partial charge on any atom is 0.337 e. The number of rotatable bonds is 7. The number of carbonyl (C=O) groups is 1. The van der Waals surface area contributed by atoms with E-state index in [1.54, 1.807) is 24.3 Å². The standard InChI is InChI=1S/C19H20N4O7S/c1-29-19(24)15-4-2-14(3-5-15)13-20-21-17-7-6-16(12-18(17)23(25)26)31(27,28)22-8-10-30-11-9-22/h2-7,12-13,21H,8-11H2,1H3/b20-13-. The average Bonchev–Trinajstić information content (AvgIpc) is 2.79. The molecule has 2 aromatic rings. The van der Waals surface area contributed by atoms with E-state index in [0.717, 1.165) is 6.07 Å². The molecule has 0 bridgehead atoms. The third kappa shape index (κ3) is 5.23. The van der Waals surface area contributed by atoms with Gasteiger partial charge in [-0.3, -0.25) is 15.5 Å². The van der Waals surface area contributed by atoms with Crippen LogP contribution in [0, 0.1) is 10.1 Å². The van der Waals surface area contributed by atoms with Crippen LogP contribution in [0.5, 0.6) is 0 Å². The lowest BCUT2D eigenvalue weighted by molar-refractivity contribution is -0.384. The number of carbonyl (C=O) groups excluding carboxylic acids is 1. The van der Waals surface area contributed by atoms with Crippen LogP contribution in [0.25, 0.3) is 0 Å². The molecule has 11 nitrogen and oxygen atoms in total. The number of nitrogens with one attached hydrogen (secondary N) is 1. The van der Waals surface area contributed by atoms with Crippen LogP contribution in [0.1, 0.15) is 15.9 Å². The van der Waals surface area contributed by atoms with Gasteiger partial charge in [0, 0.05) is 19.2 Å². The Morgan fingerprint density at radius 2 is 1.90 bits per heavy atom. The van der Waals surface area contributed by atoms with Gasteiger partial charge in [-0.1, -0.05) is 12.1 Å². The zero-order chi connectivity index (χ0) is 22.4. The van der Waals surface area contributed by atoms with E-state index in [1.165, 1.54) is 29.8 Å². The van der Waals surface area contributed by atoms with Crippen LogP contribution in [0.2, 0.25) is 0 Å². The molecule has 164 valence electrons. The van der Waals surface area contributed by atoms with E-state index in [-0.39, 0.29) is 36.9 Å². The molecule has 1 N–H and O–H groups in total. The zero-order valence-corrected chi connectivity index (χ0v) is 17.4. The van der Waals surface area contributed by atoms with Gasteiger partial charge in [-0.2, -0.15) is 9.41 Å². The summed E-state index contributed by atoms with van der Waals surface area (Å²) in [7, 11) is -2.58. The fourth-order valence-electron chi connectivity index (χ4n) is 2.85. The first-order valence-electron chi connectivity index (χ1n) is 9.16. The largest absolute Gasteiger partial charge is 0.465 e. The summed E-state index contributed by atoms with van der Waals surface area (Å²) in [4.78, 5) is 22.1. The van der Waals surface area contributed by atoms with Crippen LogP contribution in [-0.2, 0) is 19.5 Å². The summed E-state index contributed by atoms with van der Waals surface area (Å²) < 4.78 is 36.5. The summed E-state index contributed by atoms with van der Waals surface area (Å²) in [6.45, 7) is 0.928. The number of benzene rings is 2. The number of hydrogen-bond acceptors (Lipinski definition) is 9. The predicted octanol–water partition coefficient (Wildman–Crippen LogP) is 1.85. The fraction of sp³-hybridized carbons (Fsp3) is 0.263. The highest BCUT2D eigenvalue weighted by Crippen LogP contribution is 2.29. The number of hydrogen-bond donors (Lipinski definition) is 1. The lowest BCUT2D eigenvalue weighted by Gasteiger charge is -2.26. The minimum atomic E-state index is -3.87. The van der Waals surface area contributed by atoms with E-state index in [2.05, 4.69) is 15.3 Å². The smallest absolute Gasteiger partial charge is 0.337 e. The number of methoxy groups -OCH3 is 1. The zero-order valence-electron chi connectivity index (χ0n) is 16.6. The highest BCUT2D eigenvalue weighted by molar-refractivity contribution is 7.89. The normalized spacial score (nSPS) is 15.0. The van der Waals surface area contributed by atoms with E-state index >= 15 is 0 Å². The number of nitro groups is 1. The highest BCUT2D eigenvalue weighted by Gasteiger charge is 2.28. The third-order valence-corrected chi connectivity index (χ3v) is 6.40. The molecule has 0 aliphatic carbocycles. The fourth-order valence-corrected chi connectivity index (χ4v) is 4.28. The van der Waals surface area contributed by atoms with Crippen molar-refractivity contribution in [3.8, 4) is 0 Å². The molecule has 0 radical (unpaired) electrons. The molecule has 2 aromatic carbocycles. The Balaban J connectivity index is 1.78. The van der Waals surface area contributed by atoms with Crippen molar-refractivity contribution in [1.82, 2.24) is 4.31 Å². The number of ether oxygens (including phenoxy) is 2. The second-order valence-corrected chi connectivity index (χ2v) is 8.37. The number of esters is 1. The molecule has 0 saturated carbocycles. The Morgan fingerprint density at radius 3 is 2.52 bits per heavy atom. The molecule has 0 atom stereocenters. The topological polar surface area (TPSA) is 140 Å². The first kappa shape index (κ1) is 22.3. The van der Waals surface area contributed by atoms with Crippen molar-refractivity contribution in [2.45, 2.75) is 4.90 Å². The van der Waals surface area contributed by atoms with E-state index in [9.17, 15) is 23.3 Å². The highest BCUT2D eigenvalue weighted by atomic mass is 32.2. The minimum absolute atomic E-state index is 0.0355. The maximum absolute atomic E-state index is 12.7. The first-order valence-corrected chi connectivity index (χ1v) is 10.6. The van der Waals surface area contributed by atoms with Crippen molar-refractivity contribution >= 4 is 33.6 Å². The second-order valence-electron chi connectivity index (χ2n) is 6.44. The van der Waals surface area contributed by atoms with Gasteiger partial charge in [0.25, 0.3) is 5.69 Å². The molecule has 31 heavy (non-hydrogen) atoms. The van der Waals surface area contributed by atoms with Crippen LogP contribution in [0.3, 0.4) is 0 Å². The molecular formula is C19H20N4O7S. The number of anilines is 1. The van der Waals surface area contributed by atoms with Crippen LogP contribution in [-0.4, -0.2) is 63.2 Å². The van der Waals surface area contributed by atoms with Crippen LogP contribution < -0.4 is 5.43 Å². The lowest BCUT2D eigenvalue weighted by atomic mass is 10.1. The van der Waals surface area contributed by atoms with Gasteiger partial charge in [-0.05, 0) is 29.8 Å². The number of hydrazone groups is 1. The number of nitro benzene ring substituents is 1. The summed E-state index contributed by atoms with van der Waals surface area (Å²) in [6.07, 6.45) is 1.41. The van der Waals surface area contributed by atoms with Gasteiger partial charge in [-0.25, -0.2) is 13.2 Å². The van der Waals surface area contributed by atoms with Crippen LogP contribution >= 0.6 is 0 Å². The van der Waals surface area contributed by atoms with Gasteiger partial charge >= 0.3 is 5.97 Å². The SMILES string of the molecule is COC(=O)c1ccc(/C=N\Nc2ccc(S(=O)(=O)N3CCOCC3)cc2[N+](=O)[O-])cc1. The minimum Gasteiger partial charge on any atom is -0.465 e. The number of nitrogens with zero attached hydrogens (tertiary/aromatic N) is 3. The monoisotopic (exact) mass is 448 g/mol. The van der Waals surface area contributed by atoms with Crippen molar-refractivity contribution in [1.29, 1.82) is 0 Å². The number of sulfonamides is 1. The van der Waals surface area contributed by atoms with Gasteiger partial charge in [-0.15, -0.1) is 0 Å². The summed E-state index contributed by atoms with van der Waals surface area (Å²) in [5.41, 5.74) is 3.18. The van der Waals surface area contributed by atoms with Gasteiger partial charge in [0.05, 0.1) is 41.9 Å². The van der Waals surface area contributed by atoms with Crippen LogP contribution in [0.15, 0.2) is 52.5 Å². The summed E-state index contributed by atoms with van der Waals surface area (Å²) in [5.74, 6) is -0.468. The molecule has 1 heterocycles. The molecule has 0 unspecified atom stereocenters.